The zero-order valence-corrected chi connectivity index (χ0v) is 14.7. The Morgan fingerprint density at radius 1 is 1.26 bits per heavy atom. The van der Waals surface area contributed by atoms with Crippen LogP contribution in [0, 0.1) is 16.7 Å². The molecule has 0 radical (unpaired) electrons. The molecule has 0 aromatic heterocycles. The molecule has 19 heavy (non-hydrogen) atoms. The van der Waals surface area contributed by atoms with Crippen molar-refractivity contribution in [1.29, 1.82) is 0 Å². The van der Waals surface area contributed by atoms with Crippen molar-refractivity contribution in [2.75, 3.05) is 17.3 Å². The van der Waals surface area contributed by atoms with Crippen LogP contribution in [-0.4, -0.2) is 28.7 Å². The van der Waals surface area contributed by atoms with E-state index in [0.717, 1.165) is 17.9 Å². The van der Waals surface area contributed by atoms with Crippen LogP contribution in [0.4, 0.5) is 0 Å². The Morgan fingerprint density at radius 2 is 1.89 bits per heavy atom. The maximum Gasteiger partial charge on any atom is 0.313 e. The SMILES string of the molecule is CC(C)C(C)(CC(C)(C)C)C(=O)OC1CSCCS1. The lowest BCUT2D eigenvalue weighted by Crippen LogP contribution is -2.40. The molecule has 0 amide bonds. The number of hydrogen-bond acceptors (Lipinski definition) is 4. The van der Waals surface area contributed by atoms with E-state index in [0.29, 0.717) is 5.92 Å². The van der Waals surface area contributed by atoms with E-state index in [1.165, 1.54) is 5.75 Å². The van der Waals surface area contributed by atoms with Crippen LogP contribution in [0.25, 0.3) is 0 Å². The van der Waals surface area contributed by atoms with E-state index in [2.05, 4.69) is 41.5 Å². The first-order valence-electron chi connectivity index (χ1n) is 7.05. The number of carbonyl (C=O) groups excluding carboxylic acids is 1. The molecule has 1 rings (SSSR count). The summed E-state index contributed by atoms with van der Waals surface area (Å²) in [5, 5.41) is 0. The summed E-state index contributed by atoms with van der Waals surface area (Å²) in [7, 11) is 0. The lowest BCUT2D eigenvalue weighted by atomic mass is 9.69. The van der Waals surface area contributed by atoms with Gasteiger partial charge < -0.3 is 4.74 Å². The maximum atomic E-state index is 12.6. The van der Waals surface area contributed by atoms with Gasteiger partial charge in [-0.15, -0.1) is 11.8 Å². The molecule has 0 saturated carbocycles. The van der Waals surface area contributed by atoms with E-state index >= 15 is 0 Å². The summed E-state index contributed by atoms with van der Waals surface area (Å²) in [6, 6.07) is 0. The Morgan fingerprint density at radius 3 is 2.32 bits per heavy atom. The van der Waals surface area contributed by atoms with Gasteiger partial charge in [-0.3, -0.25) is 4.79 Å². The van der Waals surface area contributed by atoms with Gasteiger partial charge in [0.25, 0.3) is 0 Å². The van der Waals surface area contributed by atoms with E-state index in [1.54, 1.807) is 11.8 Å². The molecule has 1 fully saturated rings. The smallest absolute Gasteiger partial charge is 0.313 e. The van der Waals surface area contributed by atoms with Crippen LogP contribution in [0.1, 0.15) is 48.0 Å². The lowest BCUT2D eigenvalue weighted by Gasteiger charge is -2.38. The second kappa shape index (κ2) is 6.75. The molecule has 0 aromatic carbocycles. The summed E-state index contributed by atoms with van der Waals surface area (Å²) in [5.41, 5.74) is -0.211. The fourth-order valence-electron chi connectivity index (χ4n) is 2.40. The zero-order chi connectivity index (χ0) is 14.7. The largest absolute Gasteiger partial charge is 0.450 e. The van der Waals surface area contributed by atoms with Crippen molar-refractivity contribution < 1.29 is 9.53 Å². The molecule has 0 aromatic rings. The highest BCUT2D eigenvalue weighted by atomic mass is 32.2. The molecule has 1 aliphatic rings. The van der Waals surface area contributed by atoms with Gasteiger partial charge in [0.2, 0.25) is 0 Å². The van der Waals surface area contributed by atoms with Crippen LogP contribution in [0.5, 0.6) is 0 Å². The van der Waals surface area contributed by atoms with E-state index < -0.39 is 0 Å². The molecule has 2 atom stereocenters. The molecular weight excluding hydrogens is 276 g/mol. The number of rotatable bonds is 4. The van der Waals surface area contributed by atoms with Gasteiger partial charge in [-0.2, -0.15) is 11.8 Å². The Hall–Kier alpha value is 0.170. The summed E-state index contributed by atoms with van der Waals surface area (Å²) in [4.78, 5) is 12.6. The van der Waals surface area contributed by atoms with Crippen molar-refractivity contribution in [3.8, 4) is 0 Å². The molecule has 2 unspecified atom stereocenters. The van der Waals surface area contributed by atoms with Crippen molar-refractivity contribution in [1.82, 2.24) is 0 Å². The third-order valence-electron chi connectivity index (χ3n) is 3.66. The summed E-state index contributed by atoms with van der Waals surface area (Å²) < 4.78 is 5.77. The maximum absolute atomic E-state index is 12.6. The summed E-state index contributed by atoms with van der Waals surface area (Å²) >= 11 is 3.65. The standard InChI is InChI=1S/C15H28O2S2/c1-11(2)15(6,10-14(3,4)5)13(16)17-12-9-18-7-8-19-12/h11-12H,7-10H2,1-6H3. The number of esters is 1. The molecule has 0 bridgehead atoms. The van der Waals surface area contributed by atoms with Crippen molar-refractivity contribution in [2.45, 2.75) is 53.4 Å². The van der Waals surface area contributed by atoms with Gasteiger partial charge in [0.1, 0.15) is 0 Å². The Kier molecular flexibility index (Phi) is 6.12. The minimum Gasteiger partial charge on any atom is -0.450 e. The molecule has 1 heterocycles. The second-order valence-electron chi connectivity index (χ2n) is 7.09. The second-order valence-corrected chi connectivity index (χ2v) is 9.51. The van der Waals surface area contributed by atoms with Gasteiger partial charge >= 0.3 is 5.97 Å². The van der Waals surface area contributed by atoms with Gasteiger partial charge in [-0.05, 0) is 24.7 Å². The summed E-state index contributed by atoms with van der Waals surface area (Å²) in [5.74, 6) is 3.46. The highest BCUT2D eigenvalue weighted by molar-refractivity contribution is 8.06. The van der Waals surface area contributed by atoms with E-state index in [9.17, 15) is 4.79 Å². The Bertz CT molecular complexity index is 304. The van der Waals surface area contributed by atoms with Crippen LogP contribution in [0.3, 0.4) is 0 Å². The first-order valence-corrected chi connectivity index (χ1v) is 9.26. The van der Waals surface area contributed by atoms with Crippen molar-refractivity contribution in [3.63, 3.8) is 0 Å². The van der Waals surface area contributed by atoms with Crippen LogP contribution in [0.2, 0.25) is 0 Å². The molecule has 2 nitrogen and oxygen atoms in total. The normalized spacial score (nSPS) is 24.1. The molecule has 1 aliphatic heterocycles. The molecule has 0 N–H and O–H groups in total. The molecule has 0 aliphatic carbocycles. The molecule has 4 heteroatoms. The quantitative estimate of drug-likeness (QED) is 0.718. The summed E-state index contributed by atoms with van der Waals surface area (Å²) in [6.07, 6.45) is 0.862. The van der Waals surface area contributed by atoms with Gasteiger partial charge in [0.15, 0.2) is 5.44 Å². The first-order chi connectivity index (χ1) is 8.65. The van der Waals surface area contributed by atoms with Crippen molar-refractivity contribution in [2.24, 2.45) is 16.7 Å². The lowest BCUT2D eigenvalue weighted by molar-refractivity contribution is -0.160. The topological polar surface area (TPSA) is 26.3 Å². The van der Waals surface area contributed by atoms with Gasteiger partial charge in [-0.25, -0.2) is 0 Å². The average Bonchev–Trinajstić information content (AvgIpc) is 2.27. The minimum absolute atomic E-state index is 0.0163. The third-order valence-corrected chi connectivity index (χ3v) is 6.24. The van der Waals surface area contributed by atoms with Gasteiger partial charge in [0.05, 0.1) is 5.41 Å². The third kappa shape index (κ3) is 5.22. The van der Waals surface area contributed by atoms with Crippen molar-refractivity contribution in [3.05, 3.63) is 0 Å². The van der Waals surface area contributed by atoms with Crippen LogP contribution < -0.4 is 0 Å². The van der Waals surface area contributed by atoms with Crippen LogP contribution in [0.15, 0.2) is 0 Å². The Balaban J connectivity index is 2.71. The monoisotopic (exact) mass is 304 g/mol. The molecular formula is C15H28O2S2. The van der Waals surface area contributed by atoms with Crippen LogP contribution >= 0.6 is 23.5 Å². The van der Waals surface area contributed by atoms with Crippen molar-refractivity contribution >= 4 is 29.5 Å². The molecule has 0 spiro atoms. The average molecular weight is 305 g/mol. The Labute approximate surface area is 126 Å². The first kappa shape index (κ1) is 17.2. The number of hydrogen-bond donors (Lipinski definition) is 0. The van der Waals surface area contributed by atoms with E-state index in [-0.39, 0.29) is 22.2 Å². The zero-order valence-electron chi connectivity index (χ0n) is 13.1. The van der Waals surface area contributed by atoms with E-state index in [4.69, 9.17) is 4.74 Å². The predicted octanol–water partition coefficient (Wildman–Crippen LogP) is 4.43. The van der Waals surface area contributed by atoms with E-state index in [1.807, 2.05) is 11.8 Å². The van der Waals surface area contributed by atoms with Gasteiger partial charge in [0, 0.05) is 17.3 Å². The highest BCUT2D eigenvalue weighted by Crippen LogP contribution is 2.41. The number of carbonyl (C=O) groups is 1. The minimum atomic E-state index is -0.388. The predicted molar refractivity (Wildman–Crippen MR) is 86.7 cm³/mol. The fourth-order valence-corrected chi connectivity index (χ4v) is 4.78. The van der Waals surface area contributed by atoms with Crippen LogP contribution in [-0.2, 0) is 9.53 Å². The highest BCUT2D eigenvalue weighted by Gasteiger charge is 2.42. The fraction of sp³-hybridized carbons (Fsp3) is 0.933. The summed E-state index contributed by atoms with van der Waals surface area (Å²) in [6.45, 7) is 12.9. The number of thioether (sulfide) groups is 2. The number of ether oxygens (including phenoxy) is 1. The van der Waals surface area contributed by atoms with Gasteiger partial charge in [-0.1, -0.05) is 34.6 Å². The molecule has 1 saturated heterocycles. The molecule has 112 valence electrons.